The van der Waals surface area contributed by atoms with Crippen molar-refractivity contribution in [2.24, 2.45) is 0 Å². The minimum Gasteiger partial charge on any atom is -0.358 e. The van der Waals surface area contributed by atoms with Crippen molar-refractivity contribution in [3.63, 3.8) is 0 Å². The molecule has 0 amide bonds. The summed E-state index contributed by atoms with van der Waals surface area (Å²) in [6.45, 7) is -0.868. The van der Waals surface area contributed by atoms with Gasteiger partial charge in [-0.3, -0.25) is 13.6 Å². The molecule has 5 atom stereocenters. The molecule has 15 nitrogen and oxygen atoms in total. The molecular formula is C32H35O15P3. The van der Waals surface area contributed by atoms with E-state index in [-0.39, 0.29) is 6.61 Å². The zero-order valence-corrected chi connectivity index (χ0v) is 28.7. The lowest BCUT2D eigenvalue weighted by molar-refractivity contribution is -0.299. The van der Waals surface area contributed by atoms with Crippen LogP contribution in [-0.2, 0) is 53.7 Å². The summed E-state index contributed by atoms with van der Waals surface area (Å²) >= 11 is 0. The highest BCUT2D eigenvalue weighted by Crippen LogP contribution is 2.51. The molecule has 5 rings (SSSR count). The SMILES string of the molecule is O=P(O)(O)O[C@@H]1[C@@H](OP(=O)(O)O)[C@@H](OCc2ccccc2)O[C@@H](COC(c2ccccc2)(c2ccccc2)c2ccccc2)[C@H]1OP(=O)(O)O. The molecule has 1 aliphatic rings. The second-order valence-corrected chi connectivity index (χ2v) is 14.7. The normalized spacial score (nSPS) is 21.9. The Balaban J connectivity index is 1.63. The van der Waals surface area contributed by atoms with Crippen molar-refractivity contribution in [2.45, 2.75) is 42.9 Å². The summed E-state index contributed by atoms with van der Waals surface area (Å²) < 4.78 is 70.1. The van der Waals surface area contributed by atoms with Crippen molar-refractivity contribution in [2.75, 3.05) is 6.61 Å². The molecule has 0 aromatic heterocycles. The summed E-state index contributed by atoms with van der Waals surface area (Å²) in [7, 11) is -16.6. The summed E-state index contributed by atoms with van der Waals surface area (Å²) in [6, 6.07) is 35.4. The van der Waals surface area contributed by atoms with E-state index in [2.05, 4.69) is 0 Å². The Kier molecular flexibility index (Phi) is 12.4. The maximum atomic E-state index is 12.3. The smallest absolute Gasteiger partial charge is 0.358 e. The van der Waals surface area contributed by atoms with Crippen molar-refractivity contribution in [3.05, 3.63) is 144 Å². The standard InChI is InChI=1S/C32H35O15P3/c33-48(34,35)45-28-27(22-43-32(24-15-7-2-8-16-24,25-17-9-3-10-18-25)26-19-11-4-12-20-26)44-31(42-21-23-13-5-1-6-14-23)30(47-50(39,40)41)29(28)46-49(36,37)38/h1-20,27-31H,21-22H2,(H2,33,34,35)(H2,36,37,38)(H2,39,40,41)/t27-,28+,29-,30+,31-/m0/s1. The van der Waals surface area contributed by atoms with E-state index in [1.54, 1.807) is 121 Å². The topological polar surface area (TPSA) is 228 Å². The predicted octanol–water partition coefficient (Wildman–Crippen LogP) is 4.37. The van der Waals surface area contributed by atoms with Crippen molar-refractivity contribution in [1.29, 1.82) is 0 Å². The first kappa shape index (κ1) is 38.3. The molecule has 1 saturated heterocycles. The van der Waals surface area contributed by atoms with E-state index in [0.717, 1.165) is 0 Å². The summed E-state index contributed by atoms with van der Waals surface area (Å²) in [4.78, 5) is 59.1. The highest BCUT2D eigenvalue weighted by Gasteiger charge is 2.55. The number of phosphoric ester groups is 3. The average molecular weight is 753 g/mol. The Morgan fingerprint density at radius 1 is 0.540 bits per heavy atom. The summed E-state index contributed by atoms with van der Waals surface area (Å²) in [5.41, 5.74) is 1.03. The molecule has 0 unspecified atom stereocenters. The van der Waals surface area contributed by atoms with Crippen LogP contribution in [0.1, 0.15) is 22.3 Å². The Hall–Kier alpha value is -2.91. The van der Waals surface area contributed by atoms with Gasteiger partial charge in [0.2, 0.25) is 0 Å². The van der Waals surface area contributed by atoms with Crippen LogP contribution in [0.25, 0.3) is 0 Å². The van der Waals surface area contributed by atoms with Crippen LogP contribution in [0.5, 0.6) is 0 Å². The molecule has 18 heteroatoms. The first-order valence-electron chi connectivity index (χ1n) is 15.0. The number of benzene rings is 4. The highest BCUT2D eigenvalue weighted by atomic mass is 31.2. The molecular weight excluding hydrogens is 717 g/mol. The molecule has 50 heavy (non-hydrogen) atoms. The van der Waals surface area contributed by atoms with Gasteiger partial charge in [-0.05, 0) is 22.3 Å². The second-order valence-electron chi connectivity index (χ2n) is 11.1. The molecule has 0 radical (unpaired) electrons. The minimum absolute atomic E-state index is 0.255. The third-order valence-corrected chi connectivity index (χ3v) is 9.18. The molecule has 4 aromatic rings. The van der Waals surface area contributed by atoms with Gasteiger partial charge in [0.05, 0.1) is 13.2 Å². The third kappa shape index (κ3) is 10.1. The van der Waals surface area contributed by atoms with Crippen LogP contribution in [0.3, 0.4) is 0 Å². The fraction of sp³-hybridized carbons (Fsp3) is 0.250. The molecule has 0 saturated carbocycles. The van der Waals surface area contributed by atoms with Gasteiger partial charge >= 0.3 is 23.5 Å². The summed E-state index contributed by atoms with van der Waals surface area (Å²) in [6.07, 6.45) is -10.2. The molecule has 0 spiro atoms. The van der Waals surface area contributed by atoms with Gasteiger partial charge in [0.15, 0.2) is 6.29 Å². The lowest BCUT2D eigenvalue weighted by atomic mass is 9.80. The Morgan fingerprint density at radius 2 is 0.920 bits per heavy atom. The van der Waals surface area contributed by atoms with Crippen molar-refractivity contribution < 1.29 is 70.8 Å². The first-order valence-corrected chi connectivity index (χ1v) is 19.6. The summed E-state index contributed by atoms with van der Waals surface area (Å²) in [5.74, 6) is 0. The van der Waals surface area contributed by atoms with Gasteiger partial charge in [0.1, 0.15) is 30.0 Å². The maximum absolute atomic E-state index is 12.3. The molecule has 1 heterocycles. The lowest BCUT2D eigenvalue weighted by Gasteiger charge is -2.46. The molecule has 0 aliphatic carbocycles. The number of rotatable bonds is 15. The number of hydrogen-bond acceptors (Lipinski definition) is 9. The Labute approximate surface area is 287 Å². The minimum atomic E-state index is -5.58. The van der Waals surface area contributed by atoms with Gasteiger partial charge < -0.3 is 43.6 Å². The van der Waals surface area contributed by atoms with E-state index in [1.807, 2.05) is 0 Å². The number of ether oxygens (including phenoxy) is 3. The van der Waals surface area contributed by atoms with Crippen LogP contribution in [-0.4, -0.2) is 66.7 Å². The lowest BCUT2D eigenvalue weighted by Crippen LogP contribution is -2.61. The van der Waals surface area contributed by atoms with Crippen LogP contribution in [0, 0.1) is 0 Å². The van der Waals surface area contributed by atoms with Crippen LogP contribution < -0.4 is 0 Å². The third-order valence-electron chi connectivity index (χ3n) is 7.63. The van der Waals surface area contributed by atoms with Crippen LogP contribution >= 0.6 is 23.5 Å². The van der Waals surface area contributed by atoms with Gasteiger partial charge in [0.25, 0.3) is 0 Å². The van der Waals surface area contributed by atoms with E-state index in [0.29, 0.717) is 22.3 Å². The largest absolute Gasteiger partial charge is 0.470 e. The zero-order chi connectivity index (χ0) is 36.0. The maximum Gasteiger partial charge on any atom is 0.470 e. The van der Waals surface area contributed by atoms with Gasteiger partial charge in [-0.2, -0.15) is 0 Å². The summed E-state index contributed by atoms with van der Waals surface area (Å²) in [5, 5.41) is 0. The van der Waals surface area contributed by atoms with Crippen molar-refractivity contribution in [1.82, 2.24) is 0 Å². The number of hydrogen-bond donors (Lipinski definition) is 6. The molecule has 1 aliphatic heterocycles. The van der Waals surface area contributed by atoms with Crippen LogP contribution in [0.2, 0.25) is 0 Å². The molecule has 1 fully saturated rings. The Morgan fingerprint density at radius 3 is 1.34 bits per heavy atom. The monoisotopic (exact) mass is 752 g/mol. The molecule has 4 aromatic carbocycles. The first-order chi connectivity index (χ1) is 23.6. The van der Waals surface area contributed by atoms with Crippen LogP contribution in [0.4, 0.5) is 0 Å². The fourth-order valence-electron chi connectivity index (χ4n) is 5.71. The Bertz CT molecular complexity index is 1700. The molecule has 0 bridgehead atoms. The van der Waals surface area contributed by atoms with Gasteiger partial charge in [0, 0.05) is 0 Å². The zero-order valence-electron chi connectivity index (χ0n) is 26.0. The van der Waals surface area contributed by atoms with E-state index in [9.17, 15) is 43.1 Å². The van der Waals surface area contributed by atoms with Gasteiger partial charge in [-0.25, -0.2) is 13.7 Å². The quantitative estimate of drug-likeness (QED) is 0.0732. The predicted molar refractivity (Wildman–Crippen MR) is 176 cm³/mol. The van der Waals surface area contributed by atoms with Crippen LogP contribution in [0.15, 0.2) is 121 Å². The van der Waals surface area contributed by atoms with Crippen molar-refractivity contribution in [3.8, 4) is 0 Å². The van der Waals surface area contributed by atoms with E-state index >= 15 is 0 Å². The van der Waals surface area contributed by atoms with Crippen molar-refractivity contribution >= 4 is 23.5 Å². The average Bonchev–Trinajstić information content (AvgIpc) is 3.07. The molecule has 268 valence electrons. The highest BCUT2D eigenvalue weighted by molar-refractivity contribution is 7.47. The van der Waals surface area contributed by atoms with E-state index in [1.165, 1.54) is 0 Å². The van der Waals surface area contributed by atoms with E-state index < -0.39 is 66.4 Å². The second kappa shape index (κ2) is 16.2. The fourth-order valence-corrected chi connectivity index (χ4v) is 7.38. The van der Waals surface area contributed by atoms with Gasteiger partial charge in [-0.15, -0.1) is 0 Å². The van der Waals surface area contributed by atoms with E-state index in [4.69, 9.17) is 27.8 Å². The van der Waals surface area contributed by atoms with Gasteiger partial charge in [-0.1, -0.05) is 121 Å². The number of phosphoric acid groups is 3. The molecule has 6 N–H and O–H groups in total.